The molecular formula is C13H13NO5. The Morgan fingerprint density at radius 3 is 2.47 bits per heavy atom. The summed E-state index contributed by atoms with van der Waals surface area (Å²) in [4.78, 5) is 22.9. The van der Waals surface area contributed by atoms with Crippen LogP contribution in [0.25, 0.3) is 0 Å². The number of nitro benzene ring substituents is 1. The fourth-order valence-corrected chi connectivity index (χ4v) is 2.69. The van der Waals surface area contributed by atoms with Gasteiger partial charge in [-0.15, -0.1) is 0 Å². The summed E-state index contributed by atoms with van der Waals surface area (Å²) in [5.74, 6) is 0.489. The molecule has 1 heterocycles. The highest BCUT2D eigenvalue weighted by atomic mass is 16.7. The number of ether oxygens (including phenoxy) is 2. The van der Waals surface area contributed by atoms with Crippen molar-refractivity contribution in [3.63, 3.8) is 0 Å². The lowest BCUT2D eigenvalue weighted by molar-refractivity contribution is -0.385. The molecule has 2 aliphatic rings. The van der Waals surface area contributed by atoms with Gasteiger partial charge in [-0.3, -0.25) is 14.9 Å². The zero-order valence-corrected chi connectivity index (χ0v) is 10.3. The Kier molecular flexibility index (Phi) is 2.85. The minimum absolute atomic E-state index is 0.0353. The van der Waals surface area contributed by atoms with E-state index in [0.717, 1.165) is 25.7 Å². The van der Waals surface area contributed by atoms with Crippen LogP contribution in [0.3, 0.4) is 0 Å². The van der Waals surface area contributed by atoms with Crippen molar-refractivity contribution in [2.75, 3.05) is 6.79 Å². The zero-order valence-electron chi connectivity index (χ0n) is 10.3. The maximum Gasteiger partial charge on any atom is 0.284 e. The highest BCUT2D eigenvalue weighted by Crippen LogP contribution is 2.40. The lowest BCUT2D eigenvalue weighted by Gasteiger charge is -2.09. The molecule has 0 N–H and O–H groups in total. The predicted molar refractivity (Wildman–Crippen MR) is 65.5 cm³/mol. The molecule has 3 rings (SSSR count). The molecular weight excluding hydrogens is 250 g/mol. The van der Waals surface area contributed by atoms with E-state index in [-0.39, 0.29) is 29.7 Å². The average Bonchev–Trinajstić information content (AvgIpc) is 3.06. The molecule has 1 saturated carbocycles. The molecule has 0 unspecified atom stereocenters. The number of carbonyl (C=O) groups excluding carboxylic acids is 1. The number of fused-ring (bicyclic) bond motifs is 1. The second kappa shape index (κ2) is 4.53. The number of nitro groups is 1. The standard InChI is InChI=1S/C13H13NO5/c15-13(8-3-1-2-4-8)9-5-11-12(19-7-18-11)6-10(9)14(16)17/h5-6,8H,1-4,7H2. The Balaban J connectivity index is 2.03. The maximum absolute atomic E-state index is 12.4. The van der Waals surface area contributed by atoms with Gasteiger partial charge in [0.25, 0.3) is 5.69 Å². The van der Waals surface area contributed by atoms with Gasteiger partial charge < -0.3 is 9.47 Å². The van der Waals surface area contributed by atoms with E-state index in [0.29, 0.717) is 11.5 Å². The monoisotopic (exact) mass is 263 g/mol. The Bertz CT molecular complexity index is 548. The van der Waals surface area contributed by atoms with Crippen LogP contribution in [-0.2, 0) is 0 Å². The third kappa shape index (κ3) is 2.03. The molecule has 1 aliphatic carbocycles. The molecule has 0 amide bonds. The van der Waals surface area contributed by atoms with E-state index < -0.39 is 4.92 Å². The summed E-state index contributed by atoms with van der Waals surface area (Å²) in [5.41, 5.74) is -0.0534. The largest absolute Gasteiger partial charge is 0.454 e. The highest BCUT2D eigenvalue weighted by molar-refractivity contribution is 6.02. The lowest BCUT2D eigenvalue weighted by Crippen LogP contribution is -2.13. The Hall–Kier alpha value is -2.11. The molecule has 100 valence electrons. The number of hydrogen-bond donors (Lipinski definition) is 0. The van der Waals surface area contributed by atoms with E-state index in [4.69, 9.17) is 9.47 Å². The van der Waals surface area contributed by atoms with Crippen molar-refractivity contribution in [1.82, 2.24) is 0 Å². The van der Waals surface area contributed by atoms with Crippen LogP contribution >= 0.6 is 0 Å². The third-order valence-electron chi connectivity index (χ3n) is 3.68. The number of benzene rings is 1. The first kappa shape index (κ1) is 12.0. The van der Waals surface area contributed by atoms with Crippen molar-refractivity contribution >= 4 is 11.5 Å². The van der Waals surface area contributed by atoms with Crippen molar-refractivity contribution in [1.29, 1.82) is 0 Å². The lowest BCUT2D eigenvalue weighted by atomic mass is 9.95. The van der Waals surface area contributed by atoms with Crippen molar-refractivity contribution in [2.45, 2.75) is 25.7 Å². The van der Waals surface area contributed by atoms with Gasteiger partial charge >= 0.3 is 0 Å². The topological polar surface area (TPSA) is 78.7 Å². The van der Waals surface area contributed by atoms with Gasteiger partial charge in [0.05, 0.1) is 16.6 Å². The second-order valence-corrected chi connectivity index (χ2v) is 4.83. The molecule has 0 atom stereocenters. The molecule has 1 aromatic rings. The van der Waals surface area contributed by atoms with Crippen molar-refractivity contribution in [2.24, 2.45) is 5.92 Å². The third-order valence-corrected chi connectivity index (χ3v) is 3.68. The van der Waals surface area contributed by atoms with Gasteiger partial charge in [-0.1, -0.05) is 12.8 Å². The van der Waals surface area contributed by atoms with Gasteiger partial charge in [-0.2, -0.15) is 0 Å². The SMILES string of the molecule is O=C(c1cc2c(cc1[N+](=O)[O-])OCO2)C1CCCC1. The molecule has 19 heavy (non-hydrogen) atoms. The molecule has 6 heteroatoms. The molecule has 6 nitrogen and oxygen atoms in total. The summed E-state index contributed by atoms with van der Waals surface area (Å²) in [6.07, 6.45) is 3.64. The minimum atomic E-state index is -0.538. The second-order valence-electron chi connectivity index (χ2n) is 4.83. The van der Waals surface area contributed by atoms with E-state index in [1.807, 2.05) is 0 Å². The summed E-state index contributed by atoms with van der Waals surface area (Å²) in [5, 5.41) is 11.1. The fraction of sp³-hybridized carbons (Fsp3) is 0.462. The van der Waals surface area contributed by atoms with E-state index in [1.165, 1.54) is 12.1 Å². The summed E-state index contributed by atoms with van der Waals surface area (Å²) in [7, 11) is 0. The first-order chi connectivity index (χ1) is 9.16. The quantitative estimate of drug-likeness (QED) is 0.476. The van der Waals surface area contributed by atoms with Gasteiger partial charge in [-0.05, 0) is 12.8 Å². The predicted octanol–water partition coefficient (Wildman–Crippen LogP) is 2.70. The number of Topliss-reactive ketones (excluding diaryl/α,β-unsaturated/α-hetero) is 1. The molecule has 0 radical (unpaired) electrons. The van der Waals surface area contributed by atoms with Crippen molar-refractivity contribution in [3.8, 4) is 11.5 Å². The summed E-state index contributed by atoms with van der Waals surface area (Å²) in [6, 6.07) is 2.73. The average molecular weight is 263 g/mol. The molecule has 1 aromatic carbocycles. The number of hydrogen-bond acceptors (Lipinski definition) is 5. The highest BCUT2D eigenvalue weighted by Gasteiger charge is 2.32. The van der Waals surface area contributed by atoms with Crippen LogP contribution in [-0.4, -0.2) is 17.5 Å². The first-order valence-corrected chi connectivity index (χ1v) is 6.29. The number of carbonyl (C=O) groups is 1. The van der Waals surface area contributed by atoms with Crippen LogP contribution in [0.2, 0.25) is 0 Å². The van der Waals surface area contributed by atoms with Gasteiger partial charge in [-0.25, -0.2) is 0 Å². The van der Waals surface area contributed by atoms with E-state index >= 15 is 0 Å². The normalized spacial score (nSPS) is 17.7. The molecule has 1 aliphatic heterocycles. The van der Waals surface area contributed by atoms with E-state index in [2.05, 4.69) is 0 Å². The zero-order chi connectivity index (χ0) is 13.4. The maximum atomic E-state index is 12.4. The van der Waals surface area contributed by atoms with Crippen molar-refractivity contribution in [3.05, 3.63) is 27.8 Å². The molecule has 0 bridgehead atoms. The molecule has 0 spiro atoms. The summed E-state index contributed by atoms with van der Waals surface area (Å²) in [6.45, 7) is 0.0353. The van der Waals surface area contributed by atoms with Gasteiger partial charge in [0.15, 0.2) is 17.3 Å². The van der Waals surface area contributed by atoms with E-state index in [9.17, 15) is 14.9 Å². The number of nitrogens with zero attached hydrogens (tertiary/aromatic N) is 1. The van der Waals surface area contributed by atoms with E-state index in [1.54, 1.807) is 0 Å². The summed E-state index contributed by atoms with van der Waals surface area (Å²) >= 11 is 0. The van der Waals surface area contributed by atoms with Crippen LogP contribution in [0, 0.1) is 16.0 Å². The van der Waals surface area contributed by atoms with Crippen LogP contribution in [0.5, 0.6) is 11.5 Å². The van der Waals surface area contributed by atoms with Crippen LogP contribution in [0.4, 0.5) is 5.69 Å². The molecule has 0 saturated heterocycles. The van der Waals surface area contributed by atoms with Crippen molar-refractivity contribution < 1.29 is 19.2 Å². The Morgan fingerprint density at radius 2 is 1.84 bits per heavy atom. The smallest absolute Gasteiger partial charge is 0.284 e. The number of ketones is 1. The minimum Gasteiger partial charge on any atom is -0.454 e. The van der Waals surface area contributed by atoms with Crippen LogP contribution in [0.15, 0.2) is 12.1 Å². The van der Waals surface area contributed by atoms with Gasteiger partial charge in [0, 0.05) is 12.0 Å². The van der Waals surface area contributed by atoms with Crippen LogP contribution in [0.1, 0.15) is 36.0 Å². The Morgan fingerprint density at radius 1 is 1.21 bits per heavy atom. The summed E-state index contributed by atoms with van der Waals surface area (Å²) < 4.78 is 10.3. The first-order valence-electron chi connectivity index (χ1n) is 6.29. The fourth-order valence-electron chi connectivity index (χ4n) is 2.69. The Labute approximate surface area is 109 Å². The van der Waals surface area contributed by atoms with Gasteiger partial charge in [0.1, 0.15) is 0 Å². The molecule has 1 fully saturated rings. The number of rotatable bonds is 3. The van der Waals surface area contributed by atoms with Crippen LogP contribution < -0.4 is 9.47 Å². The van der Waals surface area contributed by atoms with Gasteiger partial charge in [0.2, 0.25) is 6.79 Å². The molecule has 0 aromatic heterocycles.